The highest BCUT2D eigenvalue weighted by molar-refractivity contribution is 6.00. The first-order valence-electron chi connectivity index (χ1n) is 7.53. The molecule has 0 bridgehead atoms. The van der Waals surface area contributed by atoms with Crippen LogP contribution in [0.25, 0.3) is 0 Å². The van der Waals surface area contributed by atoms with E-state index in [-0.39, 0.29) is 11.7 Å². The number of fused-ring (bicyclic) bond motifs is 1. The molecule has 1 aromatic heterocycles. The number of amides is 1. The van der Waals surface area contributed by atoms with Crippen molar-refractivity contribution in [1.82, 2.24) is 14.9 Å². The summed E-state index contributed by atoms with van der Waals surface area (Å²) in [4.78, 5) is 34.5. The summed E-state index contributed by atoms with van der Waals surface area (Å²) in [5.74, 6) is 0.503. The van der Waals surface area contributed by atoms with Crippen LogP contribution < -0.4 is 4.74 Å². The molecule has 6 nitrogen and oxygen atoms in total. The van der Waals surface area contributed by atoms with Gasteiger partial charge in [-0.05, 0) is 12.1 Å². The fourth-order valence-electron chi connectivity index (χ4n) is 3.26. The minimum absolute atomic E-state index is 0.0700. The number of hydrogen-bond acceptors (Lipinski definition) is 5. The quantitative estimate of drug-likeness (QED) is 0.802. The van der Waals surface area contributed by atoms with Gasteiger partial charge in [0.15, 0.2) is 5.78 Å². The van der Waals surface area contributed by atoms with Gasteiger partial charge in [-0.25, -0.2) is 4.98 Å². The van der Waals surface area contributed by atoms with Crippen LogP contribution in [0.1, 0.15) is 33.7 Å². The van der Waals surface area contributed by atoms with Crippen molar-refractivity contribution >= 4 is 11.7 Å². The average Bonchev–Trinajstić information content (AvgIpc) is 2.98. The summed E-state index contributed by atoms with van der Waals surface area (Å²) in [5, 5.41) is 0. The zero-order chi connectivity index (χ0) is 15.9. The molecule has 116 valence electrons. The van der Waals surface area contributed by atoms with E-state index < -0.39 is 5.60 Å². The standard InChI is InChI=1S/C17H15N3O3/c21-14-9-17(23-15-4-2-1-3-12(14)15)5-8-20(11-17)16(22)13-10-18-6-7-19-13/h1-4,6-7,10H,5,8-9,11H2/t17-/m1/s1. The van der Waals surface area contributed by atoms with Gasteiger partial charge in [-0.15, -0.1) is 0 Å². The first-order valence-corrected chi connectivity index (χ1v) is 7.53. The summed E-state index contributed by atoms with van der Waals surface area (Å²) in [6.07, 6.45) is 5.42. The van der Waals surface area contributed by atoms with E-state index in [9.17, 15) is 9.59 Å². The van der Waals surface area contributed by atoms with Crippen molar-refractivity contribution in [2.45, 2.75) is 18.4 Å². The third-order valence-electron chi connectivity index (χ3n) is 4.38. The molecule has 1 amide bonds. The second-order valence-electron chi connectivity index (χ2n) is 5.95. The molecule has 2 aliphatic heterocycles. The van der Waals surface area contributed by atoms with Crippen LogP contribution in [-0.2, 0) is 0 Å². The molecule has 0 N–H and O–H groups in total. The van der Waals surface area contributed by atoms with Gasteiger partial charge in [-0.3, -0.25) is 14.6 Å². The number of likely N-dealkylation sites (tertiary alicyclic amines) is 1. The van der Waals surface area contributed by atoms with Crippen LogP contribution in [0.3, 0.4) is 0 Å². The second kappa shape index (κ2) is 5.15. The average molecular weight is 309 g/mol. The molecule has 3 heterocycles. The van der Waals surface area contributed by atoms with E-state index in [1.54, 1.807) is 17.0 Å². The lowest BCUT2D eigenvalue weighted by Crippen LogP contribution is -2.45. The predicted molar refractivity (Wildman–Crippen MR) is 81.3 cm³/mol. The minimum atomic E-state index is -0.622. The number of para-hydroxylation sites is 1. The van der Waals surface area contributed by atoms with Crippen molar-refractivity contribution in [3.63, 3.8) is 0 Å². The van der Waals surface area contributed by atoms with Crippen LogP contribution in [-0.4, -0.2) is 45.2 Å². The maximum atomic E-state index is 12.5. The molecule has 2 aromatic rings. The highest BCUT2D eigenvalue weighted by Gasteiger charge is 2.47. The van der Waals surface area contributed by atoms with Crippen LogP contribution in [0.15, 0.2) is 42.9 Å². The third-order valence-corrected chi connectivity index (χ3v) is 4.38. The van der Waals surface area contributed by atoms with E-state index >= 15 is 0 Å². The van der Waals surface area contributed by atoms with Crippen molar-refractivity contribution in [3.05, 3.63) is 54.1 Å². The van der Waals surface area contributed by atoms with Crippen LogP contribution >= 0.6 is 0 Å². The fourth-order valence-corrected chi connectivity index (χ4v) is 3.26. The Hall–Kier alpha value is -2.76. The summed E-state index contributed by atoms with van der Waals surface area (Å²) in [5.41, 5.74) is 0.312. The van der Waals surface area contributed by atoms with Gasteiger partial charge in [-0.1, -0.05) is 12.1 Å². The number of carbonyl (C=O) groups is 2. The van der Waals surface area contributed by atoms with E-state index in [1.807, 2.05) is 12.1 Å². The first kappa shape index (κ1) is 13.9. The molecule has 0 unspecified atom stereocenters. The van der Waals surface area contributed by atoms with Crippen molar-refractivity contribution < 1.29 is 14.3 Å². The molecule has 1 atom stereocenters. The van der Waals surface area contributed by atoms with Crippen LogP contribution in [0.2, 0.25) is 0 Å². The van der Waals surface area contributed by atoms with Crippen molar-refractivity contribution in [1.29, 1.82) is 0 Å². The summed E-state index contributed by atoms with van der Waals surface area (Å²) in [6, 6.07) is 7.27. The zero-order valence-corrected chi connectivity index (χ0v) is 12.4. The van der Waals surface area contributed by atoms with Gasteiger partial charge >= 0.3 is 0 Å². The molecule has 0 radical (unpaired) electrons. The Bertz CT molecular complexity index is 778. The monoisotopic (exact) mass is 309 g/mol. The largest absolute Gasteiger partial charge is 0.484 e. The number of carbonyl (C=O) groups excluding carboxylic acids is 2. The number of nitrogens with zero attached hydrogens (tertiary/aromatic N) is 3. The van der Waals surface area contributed by atoms with Crippen molar-refractivity contribution in [2.75, 3.05) is 13.1 Å². The summed E-state index contributed by atoms with van der Waals surface area (Å²) in [7, 11) is 0. The lowest BCUT2D eigenvalue weighted by Gasteiger charge is -2.34. The van der Waals surface area contributed by atoms with Gasteiger partial charge in [-0.2, -0.15) is 0 Å². The van der Waals surface area contributed by atoms with Gasteiger partial charge in [0.05, 0.1) is 24.7 Å². The van der Waals surface area contributed by atoms with Crippen LogP contribution in [0, 0.1) is 0 Å². The smallest absolute Gasteiger partial charge is 0.274 e. The number of rotatable bonds is 1. The topological polar surface area (TPSA) is 72.4 Å². The Morgan fingerprint density at radius 3 is 2.96 bits per heavy atom. The van der Waals surface area contributed by atoms with E-state index in [0.29, 0.717) is 42.9 Å². The van der Waals surface area contributed by atoms with Crippen molar-refractivity contribution in [3.8, 4) is 5.75 Å². The highest BCUT2D eigenvalue weighted by atomic mass is 16.5. The van der Waals surface area contributed by atoms with Crippen LogP contribution in [0.5, 0.6) is 5.75 Å². The van der Waals surface area contributed by atoms with Gasteiger partial charge in [0.2, 0.25) is 0 Å². The Morgan fingerprint density at radius 1 is 1.26 bits per heavy atom. The molecule has 1 aromatic carbocycles. The number of benzene rings is 1. The molecular formula is C17H15N3O3. The summed E-state index contributed by atoms with van der Waals surface area (Å²) in [6.45, 7) is 0.938. The second-order valence-corrected chi connectivity index (χ2v) is 5.95. The lowest BCUT2D eigenvalue weighted by atomic mass is 9.89. The normalized spacial score (nSPS) is 22.8. The fraction of sp³-hybridized carbons (Fsp3) is 0.294. The minimum Gasteiger partial charge on any atom is -0.484 e. The number of ketones is 1. The van der Waals surface area contributed by atoms with E-state index in [4.69, 9.17) is 4.74 Å². The first-order chi connectivity index (χ1) is 11.2. The highest BCUT2D eigenvalue weighted by Crippen LogP contribution is 2.38. The van der Waals surface area contributed by atoms with Gasteiger partial charge in [0.1, 0.15) is 17.0 Å². The van der Waals surface area contributed by atoms with Gasteiger partial charge in [0, 0.05) is 25.4 Å². The number of aromatic nitrogens is 2. The molecule has 1 spiro atoms. The Kier molecular flexibility index (Phi) is 3.11. The maximum absolute atomic E-state index is 12.5. The number of Topliss-reactive ketones (excluding diaryl/α,β-unsaturated/α-hetero) is 1. The lowest BCUT2D eigenvalue weighted by molar-refractivity contribution is 0.0427. The molecule has 4 rings (SSSR count). The van der Waals surface area contributed by atoms with Gasteiger partial charge < -0.3 is 9.64 Å². The molecule has 1 saturated heterocycles. The van der Waals surface area contributed by atoms with E-state index in [0.717, 1.165) is 0 Å². The molecular weight excluding hydrogens is 294 g/mol. The molecule has 6 heteroatoms. The summed E-state index contributed by atoms with van der Waals surface area (Å²) < 4.78 is 6.12. The van der Waals surface area contributed by atoms with Gasteiger partial charge in [0.25, 0.3) is 5.91 Å². The maximum Gasteiger partial charge on any atom is 0.274 e. The Balaban J connectivity index is 1.57. The summed E-state index contributed by atoms with van der Waals surface area (Å²) >= 11 is 0. The Morgan fingerprint density at radius 2 is 2.13 bits per heavy atom. The SMILES string of the molecule is O=C1C[C@@]2(CCN(C(=O)c3cnccn3)C2)Oc2ccccc21. The molecule has 0 saturated carbocycles. The third kappa shape index (κ3) is 2.36. The zero-order valence-electron chi connectivity index (χ0n) is 12.4. The predicted octanol–water partition coefficient (Wildman–Crippen LogP) is 1.73. The van der Waals surface area contributed by atoms with E-state index in [1.165, 1.54) is 18.6 Å². The number of ether oxygens (including phenoxy) is 1. The molecule has 0 aliphatic carbocycles. The molecule has 2 aliphatic rings. The van der Waals surface area contributed by atoms with Crippen molar-refractivity contribution in [2.24, 2.45) is 0 Å². The number of hydrogen-bond donors (Lipinski definition) is 0. The Labute approximate surface area is 133 Å². The molecule has 23 heavy (non-hydrogen) atoms. The van der Waals surface area contributed by atoms with E-state index in [2.05, 4.69) is 9.97 Å². The molecule has 1 fully saturated rings. The van der Waals surface area contributed by atoms with Crippen LogP contribution in [0.4, 0.5) is 0 Å².